The lowest BCUT2D eigenvalue weighted by Gasteiger charge is -2.52. The van der Waals surface area contributed by atoms with Gasteiger partial charge in [-0.3, -0.25) is 0 Å². The van der Waals surface area contributed by atoms with Crippen LogP contribution >= 0.6 is 11.8 Å². The Kier molecular flexibility index (Phi) is 4.82. The molecule has 2 unspecified atom stereocenters. The van der Waals surface area contributed by atoms with Gasteiger partial charge >= 0.3 is 0 Å². The van der Waals surface area contributed by atoms with E-state index in [9.17, 15) is 0 Å². The predicted octanol–water partition coefficient (Wildman–Crippen LogP) is 7.69. The summed E-state index contributed by atoms with van der Waals surface area (Å²) in [5.74, 6) is 0. The monoisotopic (exact) mass is 525 g/mol. The molecule has 2 atom stereocenters. The van der Waals surface area contributed by atoms with Gasteiger partial charge in [0.2, 0.25) is 6.71 Å². The van der Waals surface area contributed by atoms with Gasteiger partial charge in [0.15, 0.2) is 0 Å². The lowest BCUT2D eigenvalue weighted by Crippen LogP contribution is -2.63. The number of hydrogen-bond acceptors (Lipinski definition) is 2. The number of benzene rings is 4. The maximum Gasteiger partial charge on any atom is 0.249 e. The van der Waals surface area contributed by atoms with Crippen molar-refractivity contribution in [2.45, 2.75) is 86.5 Å². The summed E-state index contributed by atoms with van der Waals surface area (Å²) < 4.78 is 0. The van der Waals surface area contributed by atoms with Gasteiger partial charge in [-0.25, -0.2) is 0 Å². The number of anilines is 2. The van der Waals surface area contributed by atoms with E-state index < -0.39 is 0 Å². The third-order valence-electron chi connectivity index (χ3n) is 10.7. The molecule has 4 aliphatic rings. The number of hydrogen-bond donors (Lipinski definition) is 0. The highest BCUT2D eigenvalue weighted by atomic mass is 32.2. The Balaban J connectivity index is 1.31. The molecule has 4 aromatic rings. The zero-order valence-corrected chi connectivity index (χ0v) is 24.6. The van der Waals surface area contributed by atoms with Crippen molar-refractivity contribution in [1.29, 1.82) is 0 Å². The van der Waals surface area contributed by atoms with Crippen molar-refractivity contribution < 1.29 is 0 Å². The molecule has 0 spiro atoms. The topological polar surface area (TPSA) is 3.24 Å². The van der Waals surface area contributed by atoms with E-state index in [1.807, 2.05) is 11.8 Å². The molecular formula is C36H36BNS. The number of fused-ring (bicyclic) bond motifs is 7. The van der Waals surface area contributed by atoms with Crippen molar-refractivity contribution >= 4 is 46.2 Å². The van der Waals surface area contributed by atoms with Crippen LogP contribution < -0.4 is 21.3 Å². The fraction of sp³-hybridized carbons (Fsp3) is 0.333. The van der Waals surface area contributed by atoms with Gasteiger partial charge in [0.05, 0.1) is 5.54 Å². The third kappa shape index (κ3) is 3.06. The summed E-state index contributed by atoms with van der Waals surface area (Å²) in [5.41, 5.74) is 13.5. The van der Waals surface area contributed by atoms with Crippen molar-refractivity contribution in [3.8, 4) is 11.1 Å². The van der Waals surface area contributed by atoms with Crippen LogP contribution in [0.25, 0.3) is 11.1 Å². The molecule has 3 heterocycles. The first kappa shape index (κ1) is 23.9. The first-order valence-electron chi connectivity index (χ1n) is 14.7. The highest BCUT2D eigenvalue weighted by Crippen LogP contribution is 2.61. The van der Waals surface area contributed by atoms with E-state index in [0.29, 0.717) is 6.71 Å². The summed E-state index contributed by atoms with van der Waals surface area (Å²) in [4.78, 5) is 5.62. The van der Waals surface area contributed by atoms with Gasteiger partial charge < -0.3 is 4.90 Å². The molecule has 0 bridgehead atoms. The fourth-order valence-electron chi connectivity index (χ4n) is 8.31. The Morgan fingerprint density at radius 3 is 2.31 bits per heavy atom. The van der Waals surface area contributed by atoms with Gasteiger partial charge in [0.25, 0.3) is 0 Å². The predicted molar refractivity (Wildman–Crippen MR) is 169 cm³/mol. The minimum Gasteiger partial charge on any atom is -0.335 e. The highest BCUT2D eigenvalue weighted by Gasteiger charge is 2.60. The fourth-order valence-corrected chi connectivity index (χ4v) is 9.51. The molecule has 0 N–H and O–H groups in total. The van der Waals surface area contributed by atoms with E-state index in [2.05, 4.69) is 118 Å². The molecule has 39 heavy (non-hydrogen) atoms. The number of para-hydroxylation sites is 1. The molecule has 0 radical (unpaired) electrons. The average Bonchev–Trinajstić information content (AvgIpc) is 3.15. The number of rotatable bonds is 1. The van der Waals surface area contributed by atoms with E-state index in [0.717, 1.165) is 0 Å². The molecule has 0 saturated heterocycles. The van der Waals surface area contributed by atoms with Crippen molar-refractivity contribution in [3.05, 3.63) is 90.0 Å². The second kappa shape index (κ2) is 7.85. The van der Waals surface area contributed by atoms with Crippen LogP contribution in [0.5, 0.6) is 0 Å². The normalized spacial score (nSPS) is 24.1. The maximum atomic E-state index is 2.79. The Morgan fingerprint density at radius 1 is 0.769 bits per heavy atom. The Labute approximate surface area is 238 Å². The van der Waals surface area contributed by atoms with Crippen LogP contribution in [0.1, 0.15) is 71.4 Å². The van der Waals surface area contributed by atoms with Gasteiger partial charge in [-0.2, -0.15) is 0 Å². The van der Waals surface area contributed by atoms with Gasteiger partial charge in [0, 0.05) is 26.6 Å². The molecule has 0 amide bonds. The lowest BCUT2D eigenvalue weighted by atomic mass is 9.35. The minimum absolute atomic E-state index is 0.123. The molecule has 1 fully saturated rings. The third-order valence-corrected chi connectivity index (χ3v) is 11.8. The van der Waals surface area contributed by atoms with Gasteiger partial charge in [-0.15, -0.1) is 0 Å². The Morgan fingerprint density at radius 2 is 1.51 bits per heavy atom. The quantitative estimate of drug-likeness (QED) is 0.207. The van der Waals surface area contributed by atoms with Gasteiger partial charge in [-0.05, 0) is 76.6 Å². The first-order valence-corrected chi connectivity index (χ1v) is 15.5. The minimum atomic E-state index is 0.123. The summed E-state index contributed by atoms with van der Waals surface area (Å²) in [6, 6.07) is 30.7. The van der Waals surface area contributed by atoms with Crippen LogP contribution in [0, 0.1) is 0 Å². The highest BCUT2D eigenvalue weighted by molar-refractivity contribution is 8.00. The van der Waals surface area contributed by atoms with E-state index in [-0.39, 0.29) is 16.4 Å². The molecule has 3 heteroatoms. The van der Waals surface area contributed by atoms with Gasteiger partial charge in [-0.1, -0.05) is 118 Å². The summed E-state index contributed by atoms with van der Waals surface area (Å²) in [6.07, 6.45) is 5.19. The Bertz CT molecular complexity index is 1660. The van der Waals surface area contributed by atoms with Crippen LogP contribution in [0.2, 0.25) is 0 Å². The van der Waals surface area contributed by atoms with E-state index >= 15 is 0 Å². The van der Waals surface area contributed by atoms with Crippen LogP contribution in [-0.4, -0.2) is 12.3 Å². The summed E-state index contributed by atoms with van der Waals surface area (Å²) >= 11 is 1.97. The molecule has 4 aromatic carbocycles. The largest absolute Gasteiger partial charge is 0.335 e. The molecule has 3 aliphatic heterocycles. The molecule has 0 aromatic heterocycles. The average molecular weight is 526 g/mol. The zero-order valence-electron chi connectivity index (χ0n) is 23.8. The van der Waals surface area contributed by atoms with E-state index in [1.54, 1.807) is 5.56 Å². The summed E-state index contributed by atoms with van der Waals surface area (Å²) in [6.45, 7) is 12.2. The molecule has 1 saturated carbocycles. The standard InChI is InChI=1S/C36H36BNS/c1-34(2,3)25-17-14-23(15-18-25)24-16-19-27-31(22-24)39-30-13-9-12-29-32(30)37(27)28-11-8-10-26-33(28)38(29)36(5)21-7-6-20-35(26,36)4/h8-19,22H,6-7,20-21H2,1-5H3. The van der Waals surface area contributed by atoms with Crippen molar-refractivity contribution in [1.82, 2.24) is 0 Å². The lowest BCUT2D eigenvalue weighted by molar-refractivity contribution is 0.195. The molecule has 1 aliphatic carbocycles. The maximum absolute atomic E-state index is 2.79. The first-order chi connectivity index (χ1) is 18.7. The van der Waals surface area contributed by atoms with Crippen LogP contribution in [0.15, 0.2) is 88.7 Å². The second-order valence-electron chi connectivity index (χ2n) is 13.7. The molecule has 8 rings (SSSR count). The van der Waals surface area contributed by atoms with Crippen molar-refractivity contribution in [3.63, 3.8) is 0 Å². The molecule has 1 nitrogen and oxygen atoms in total. The van der Waals surface area contributed by atoms with E-state index in [4.69, 9.17) is 0 Å². The zero-order chi connectivity index (χ0) is 26.7. The second-order valence-corrected chi connectivity index (χ2v) is 14.8. The smallest absolute Gasteiger partial charge is 0.249 e. The van der Waals surface area contributed by atoms with Crippen LogP contribution in [0.4, 0.5) is 11.4 Å². The summed E-state index contributed by atoms with van der Waals surface area (Å²) in [7, 11) is 0. The van der Waals surface area contributed by atoms with Crippen molar-refractivity contribution in [2.75, 3.05) is 4.90 Å². The van der Waals surface area contributed by atoms with Crippen molar-refractivity contribution in [2.24, 2.45) is 0 Å². The van der Waals surface area contributed by atoms with E-state index in [1.165, 1.54) is 79.9 Å². The Hall–Kier alpha value is -2.91. The molecule has 194 valence electrons. The van der Waals surface area contributed by atoms with Crippen LogP contribution in [-0.2, 0) is 10.8 Å². The summed E-state index contributed by atoms with van der Waals surface area (Å²) in [5, 5.41) is 0. The molecular weight excluding hydrogens is 489 g/mol. The van der Waals surface area contributed by atoms with Crippen LogP contribution in [0.3, 0.4) is 0 Å². The SMILES string of the molecule is CC(C)(C)c1ccc(-c2ccc3c(c2)Sc2cccc4c2B3c2cccc3c2N4C2(C)CCCCC32C)cc1. The van der Waals surface area contributed by atoms with Gasteiger partial charge in [0.1, 0.15) is 0 Å². The number of nitrogens with zero attached hydrogens (tertiary/aromatic N) is 1.